The number of H-pyrrole nitrogens is 2. The van der Waals surface area contributed by atoms with E-state index in [0.29, 0.717) is 22.1 Å². The van der Waals surface area contributed by atoms with Gasteiger partial charge >= 0.3 is 0 Å². The van der Waals surface area contributed by atoms with E-state index in [4.69, 9.17) is 4.74 Å². The highest BCUT2D eigenvalue weighted by Crippen LogP contribution is 2.30. The Bertz CT molecular complexity index is 898. The first-order valence-electron chi connectivity index (χ1n) is 6.19. The van der Waals surface area contributed by atoms with Crippen LogP contribution in [0, 0.1) is 0 Å². The molecule has 0 aliphatic rings. The standard InChI is InChI=1S/C14H13N3O3S/c1-20-11-7-8(21(2)19)3-4-9(11)13-15-10-5-6-12(18)16-14(10)17-13/h3-7H,1-2H3,(H2,15,16,17,18). The molecular weight excluding hydrogens is 290 g/mol. The summed E-state index contributed by atoms with van der Waals surface area (Å²) in [5.41, 5.74) is 1.76. The van der Waals surface area contributed by atoms with Crippen molar-refractivity contribution < 1.29 is 8.95 Å². The van der Waals surface area contributed by atoms with Gasteiger partial charge in [-0.3, -0.25) is 9.00 Å². The molecule has 0 aliphatic carbocycles. The number of ether oxygens (including phenoxy) is 1. The summed E-state index contributed by atoms with van der Waals surface area (Å²) in [6, 6.07) is 8.40. The number of benzene rings is 1. The van der Waals surface area contributed by atoms with Crippen molar-refractivity contribution in [3.63, 3.8) is 0 Å². The second-order valence-electron chi connectivity index (χ2n) is 4.49. The maximum absolute atomic E-state index is 11.5. The average molecular weight is 303 g/mol. The predicted octanol–water partition coefficient (Wildman–Crippen LogP) is 1.66. The molecule has 2 heterocycles. The van der Waals surface area contributed by atoms with E-state index in [-0.39, 0.29) is 5.56 Å². The lowest BCUT2D eigenvalue weighted by molar-refractivity contribution is 0.415. The lowest BCUT2D eigenvalue weighted by atomic mass is 10.2. The highest BCUT2D eigenvalue weighted by atomic mass is 32.2. The SMILES string of the molecule is COc1cc(S(C)=O)ccc1-c1nc2[nH]c(=O)ccc2[nH]1. The van der Waals surface area contributed by atoms with Gasteiger partial charge in [-0.2, -0.15) is 0 Å². The predicted molar refractivity (Wildman–Crippen MR) is 81.0 cm³/mol. The number of hydrogen-bond acceptors (Lipinski definition) is 4. The van der Waals surface area contributed by atoms with Crippen LogP contribution in [-0.2, 0) is 10.8 Å². The van der Waals surface area contributed by atoms with E-state index in [0.717, 1.165) is 11.1 Å². The normalized spacial score (nSPS) is 12.5. The van der Waals surface area contributed by atoms with Crippen molar-refractivity contribution in [2.24, 2.45) is 0 Å². The quantitative estimate of drug-likeness (QED) is 0.770. The number of pyridine rings is 1. The van der Waals surface area contributed by atoms with Gasteiger partial charge in [-0.05, 0) is 24.3 Å². The fraction of sp³-hybridized carbons (Fsp3) is 0.143. The summed E-state index contributed by atoms with van der Waals surface area (Å²) in [7, 11) is 0.466. The van der Waals surface area contributed by atoms with E-state index in [2.05, 4.69) is 15.0 Å². The van der Waals surface area contributed by atoms with E-state index in [1.54, 1.807) is 37.6 Å². The summed E-state index contributed by atoms with van der Waals surface area (Å²) in [6.45, 7) is 0. The molecule has 3 rings (SSSR count). The number of rotatable bonds is 3. The third-order valence-electron chi connectivity index (χ3n) is 3.13. The lowest BCUT2D eigenvalue weighted by Gasteiger charge is -2.07. The Labute approximate surface area is 122 Å². The van der Waals surface area contributed by atoms with Crippen molar-refractivity contribution in [2.75, 3.05) is 13.4 Å². The Morgan fingerprint density at radius 3 is 2.71 bits per heavy atom. The first kappa shape index (κ1) is 13.6. The minimum absolute atomic E-state index is 0.204. The zero-order valence-corrected chi connectivity index (χ0v) is 12.3. The van der Waals surface area contributed by atoms with Crippen LogP contribution in [0.2, 0.25) is 0 Å². The highest BCUT2D eigenvalue weighted by molar-refractivity contribution is 7.84. The van der Waals surface area contributed by atoms with Crippen LogP contribution in [0.25, 0.3) is 22.6 Å². The van der Waals surface area contributed by atoms with Crippen LogP contribution in [0.4, 0.5) is 0 Å². The fourth-order valence-electron chi connectivity index (χ4n) is 2.09. The molecule has 2 N–H and O–H groups in total. The van der Waals surface area contributed by atoms with Crippen LogP contribution in [0.3, 0.4) is 0 Å². The molecule has 0 saturated heterocycles. The highest BCUT2D eigenvalue weighted by Gasteiger charge is 2.12. The van der Waals surface area contributed by atoms with Crippen molar-refractivity contribution in [3.05, 3.63) is 40.7 Å². The van der Waals surface area contributed by atoms with Crippen molar-refractivity contribution in [2.45, 2.75) is 4.90 Å². The molecule has 0 bridgehead atoms. The van der Waals surface area contributed by atoms with Gasteiger partial charge in [-0.15, -0.1) is 0 Å². The second-order valence-corrected chi connectivity index (χ2v) is 5.87. The van der Waals surface area contributed by atoms with Crippen molar-refractivity contribution in [3.8, 4) is 17.1 Å². The molecule has 108 valence electrons. The number of fused-ring (bicyclic) bond motifs is 1. The number of hydrogen-bond donors (Lipinski definition) is 2. The summed E-state index contributed by atoms with van der Waals surface area (Å²) in [6.07, 6.45) is 1.61. The zero-order chi connectivity index (χ0) is 15.0. The number of methoxy groups -OCH3 is 1. The minimum atomic E-state index is -1.08. The Morgan fingerprint density at radius 1 is 1.19 bits per heavy atom. The molecule has 21 heavy (non-hydrogen) atoms. The number of aromatic nitrogens is 3. The molecule has 1 unspecified atom stereocenters. The van der Waals surface area contributed by atoms with Crippen LogP contribution in [0.15, 0.2) is 40.0 Å². The smallest absolute Gasteiger partial charge is 0.249 e. The van der Waals surface area contributed by atoms with Gasteiger partial charge < -0.3 is 14.7 Å². The zero-order valence-electron chi connectivity index (χ0n) is 11.5. The third-order valence-corrected chi connectivity index (χ3v) is 4.05. The monoisotopic (exact) mass is 303 g/mol. The molecule has 0 fully saturated rings. The number of nitrogens with one attached hydrogen (secondary N) is 2. The molecule has 0 radical (unpaired) electrons. The largest absolute Gasteiger partial charge is 0.496 e. The molecule has 3 aromatic rings. The van der Waals surface area contributed by atoms with Gasteiger partial charge in [0.05, 0.1) is 18.2 Å². The molecule has 1 aromatic carbocycles. The topological polar surface area (TPSA) is 87.8 Å². The number of aromatic amines is 2. The maximum Gasteiger partial charge on any atom is 0.249 e. The van der Waals surface area contributed by atoms with Gasteiger partial charge in [0.2, 0.25) is 5.56 Å². The van der Waals surface area contributed by atoms with E-state index >= 15 is 0 Å². The Balaban J connectivity index is 2.17. The molecular formula is C14H13N3O3S. The van der Waals surface area contributed by atoms with Crippen LogP contribution >= 0.6 is 0 Å². The summed E-state index contributed by atoms with van der Waals surface area (Å²) in [4.78, 5) is 22.1. The van der Waals surface area contributed by atoms with E-state index in [1.807, 2.05) is 0 Å². The summed E-state index contributed by atoms with van der Waals surface area (Å²) in [5, 5.41) is 0. The Hall–Kier alpha value is -2.41. The molecule has 0 saturated carbocycles. The van der Waals surface area contributed by atoms with Crippen molar-refractivity contribution >= 4 is 22.0 Å². The molecule has 0 aliphatic heterocycles. The fourth-order valence-corrected chi connectivity index (χ4v) is 2.63. The van der Waals surface area contributed by atoms with E-state index < -0.39 is 10.8 Å². The molecule has 1 atom stereocenters. The van der Waals surface area contributed by atoms with Crippen LogP contribution in [0.1, 0.15) is 0 Å². The van der Waals surface area contributed by atoms with E-state index in [9.17, 15) is 9.00 Å². The minimum Gasteiger partial charge on any atom is -0.496 e. The van der Waals surface area contributed by atoms with Gasteiger partial charge in [0.1, 0.15) is 11.6 Å². The lowest BCUT2D eigenvalue weighted by Crippen LogP contribution is -2.01. The maximum atomic E-state index is 11.5. The first-order valence-corrected chi connectivity index (χ1v) is 7.75. The molecule has 7 heteroatoms. The molecule has 2 aromatic heterocycles. The van der Waals surface area contributed by atoms with Gasteiger partial charge in [-0.25, -0.2) is 4.98 Å². The van der Waals surface area contributed by atoms with Gasteiger partial charge in [0, 0.05) is 28.0 Å². The molecule has 0 spiro atoms. The Morgan fingerprint density at radius 2 is 2.00 bits per heavy atom. The summed E-state index contributed by atoms with van der Waals surface area (Å²) < 4.78 is 16.9. The van der Waals surface area contributed by atoms with Crippen LogP contribution in [-0.4, -0.2) is 32.5 Å². The molecule has 6 nitrogen and oxygen atoms in total. The summed E-state index contributed by atoms with van der Waals surface area (Å²) in [5.74, 6) is 1.15. The summed E-state index contributed by atoms with van der Waals surface area (Å²) >= 11 is 0. The van der Waals surface area contributed by atoms with Gasteiger partial charge in [0.15, 0.2) is 5.65 Å². The van der Waals surface area contributed by atoms with Gasteiger partial charge in [0.25, 0.3) is 0 Å². The van der Waals surface area contributed by atoms with Crippen molar-refractivity contribution in [1.29, 1.82) is 0 Å². The van der Waals surface area contributed by atoms with Crippen LogP contribution in [0.5, 0.6) is 5.75 Å². The average Bonchev–Trinajstić information content (AvgIpc) is 2.89. The second kappa shape index (κ2) is 5.17. The van der Waals surface area contributed by atoms with Crippen LogP contribution < -0.4 is 10.3 Å². The molecule has 0 amide bonds. The van der Waals surface area contributed by atoms with Crippen molar-refractivity contribution in [1.82, 2.24) is 15.0 Å². The third kappa shape index (κ3) is 2.47. The number of imidazole rings is 1. The van der Waals surface area contributed by atoms with E-state index in [1.165, 1.54) is 6.07 Å². The first-order chi connectivity index (χ1) is 10.1. The van der Waals surface area contributed by atoms with Gasteiger partial charge in [-0.1, -0.05) is 0 Å². The number of nitrogens with zero attached hydrogens (tertiary/aromatic N) is 1. The Kier molecular flexibility index (Phi) is 3.34.